The van der Waals surface area contributed by atoms with E-state index in [-0.39, 0.29) is 17.4 Å². The topological polar surface area (TPSA) is 55.8 Å². The molecule has 118 valence electrons. The molecule has 2 aliphatic rings. The van der Waals surface area contributed by atoms with Crippen molar-refractivity contribution < 1.29 is 19.4 Å². The number of benzene rings is 1. The summed E-state index contributed by atoms with van der Waals surface area (Å²) in [6.45, 7) is 6.18. The zero-order chi connectivity index (χ0) is 16.1. The fourth-order valence-corrected chi connectivity index (χ4v) is 3.85. The number of aryl methyl sites for hydroxylation is 1. The lowest BCUT2D eigenvalue weighted by Crippen LogP contribution is -2.45. The molecule has 0 aromatic heterocycles. The summed E-state index contributed by atoms with van der Waals surface area (Å²) in [7, 11) is 1.65. The molecule has 4 nitrogen and oxygen atoms in total. The van der Waals surface area contributed by atoms with Gasteiger partial charge in [-0.05, 0) is 51.3 Å². The summed E-state index contributed by atoms with van der Waals surface area (Å²) < 4.78 is 11.8. The lowest BCUT2D eigenvalue weighted by Gasteiger charge is -2.47. The Morgan fingerprint density at radius 2 is 2.14 bits per heavy atom. The van der Waals surface area contributed by atoms with Crippen molar-refractivity contribution in [3.8, 4) is 11.5 Å². The van der Waals surface area contributed by atoms with E-state index in [4.69, 9.17) is 9.47 Å². The first kappa shape index (κ1) is 14.9. The fraction of sp³-hybridized carbons (Fsp3) is 0.500. The highest BCUT2D eigenvalue weighted by Gasteiger charge is 2.46. The van der Waals surface area contributed by atoms with Crippen LogP contribution in [0.4, 0.5) is 0 Å². The average molecular weight is 302 g/mol. The van der Waals surface area contributed by atoms with E-state index >= 15 is 0 Å². The van der Waals surface area contributed by atoms with Gasteiger partial charge in [0.05, 0.1) is 7.11 Å². The molecule has 1 heterocycles. The van der Waals surface area contributed by atoms with Crippen LogP contribution in [0.2, 0.25) is 0 Å². The van der Waals surface area contributed by atoms with Crippen molar-refractivity contribution in [2.24, 2.45) is 5.92 Å². The first-order valence-electron chi connectivity index (χ1n) is 7.63. The molecule has 0 fully saturated rings. The molecule has 1 aromatic carbocycles. The molecule has 3 rings (SSSR count). The molecule has 4 heteroatoms. The van der Waals surface area contributed by atoms with Crippen molar-refractivity contribution in [3.05, 3.63) is 34.9 Å². The second-order valence-corrected chi connectivity index (χ2v) is 6.77. The molecule has 1 unspecified atom stereocenters. The highest BCUT2D eigenvalue weighted by Crippen LogP contribution is 2.54. The van der Waals surface area contributed by atoms with E-state index in [9.17, 15) is 9.90 Å². The maximum absolute atomic E-state index is 11.4. The second-order valence-electron chi connectivity index (χ2n) is 6.77. The molecule has 0 amide bonds. The number of aliphatic carboxylic acids is 1. The Hall–Kier alpha value is -1.97. The Labute approximate surface area is 130 Å². The molecule has 0 saturated carbocycles. The number of hydrogen-bond donors (Lipinski definition) is 1. The van der Waals surface area contributed by atoms with E-state index in [0.29, 0.717) is 12.0 Å². The molecule has 0 radical (unpaired) electrons. The van der Waals surface area contributed by atoms with Gasteiger partial charge in [-0.15, -0.1) is 0 Å². The fourth-order valence-electron chi connectivity index (χ4n) is 3.85. The molecule has 1 aliphatic heterocycles. The second kappa shape index (κ2) is 5.04. The van der Waals surface area contributed by atoms with Gasteiger partial charge in [0.1, 0.15) is 17.1 Å². The Morgan fingerprint density at radius 1 is 1.41 bits per heavy atom. The molecular formula is C18H22O4. The van der Waals surface area contributed by atoms with Crippen molar-refractivity contribution in [2.45, 2.75) is 45.1 Å². The number of carboxylic acid groups (broad SMARTS) is 1. The van der Waals surface area contributed by atoms with Gasteiger partial charge in [-0.2, -0.15) is 0 Å². The summed E-state index contributed by atoms with van der Waals surface area (Å²) in [5.41, 5.74) is 2.27. The van der Waals surface area contributed by atoms with Crippen LogP contribution in [0.5, 0.6) is 11.5 Å². The Kier molecular flexibility index (Phi) is 3.42. The summed E-state index contributed by atoms with van der Waals surface area (Å²) in [4.78, 5) is 11.4. The third kappa shape index (κ3) is 2.27. The SMILES string of the molecule is COc1cc(C)cc2c1C1CC(C(=O)O)=CC[C@H]1C(C)(C)O2. The van der Waals surface area contributed by atoms with E-state index in [1.54, 1.807) is 7.11 Å². The van der Waals surface area contributed by atoms with Gasteiger partial charge in [0.25, 0.3) is 0 Å². The van der Waals surface area contributed by atoms with Gasteiger partial charge >= 0.3 is 5.97 Å². The molecule has 0 bridgehead atoms. The minimum absolute atomic E-state index is 0.116. The third-order valence-electron chi connectivity index (χ3n) is 4.92. The van der Waals surface area contributed by atoms with Crippen LogP contribution in [-0.4, -0.2) is 23.8 Å². The predicted octanol–water partition coefficient (Wildman–Crippen LogP) is 3.68. The number of ether oxygens (including phenoxy) is 2. The number of carboxylic acids is 1. The lowest BCUT2D eigenvalue weighted by atomic mass is 9.67. The van der Waals surface area contributed by atoms with Gasteiger partial charge < -0.3 is 14.6 Å². The minimum atomic E-state index is -0.824. The smallest absolute Gasteiger partial charge is 0.331 e. The maximum Gasteiger partial charge on any atom is 0.331 e. The molecule has 1 aliphatic carbocycles. The Balaban J connectivity index is 2.15. The summed E-state index contributed by atoms with van der Waals surface area (Å²) in [6.07, 6.45) is 3.09. The number of hydrogen-bond acceptors (Lipinski definition) is 3. The number of fused-ring (bicyclic) bond motifs is 3. The molecule has 22 heavy (non-hydrogen) atoms. The zero-order valence-corrected chi connectivity index (χ0v) is 13.5. The summed E-state index contributed by atoms with van der Waals surface area (Å²) in [5.74, 6) is 1.17. The van der Waals surface area contributed by atoms with Crippen molar-refractivity contribution in [1.29, 1.82) is 0 Å². The van der Waals surface area contributed by atoms with Gasteiger partial charge in [-0.25, -0.2) is 4.79 Å². The van der Waals surface area contributed by atoms with E-state index in [1.165, 1.54) is 0 Å². The molecule has 0 spiro atoms. The first-order chi connectivity index (χ1) is 10.3. The normalized spacial score (nSPS) is 25.4. The van der Waals surface area contributed by atoms with Crippen molar-refractivity contribution in [1.82, 2.24) is 0 Å². The minimum Gasteiger partial charge on any atom is -0.496 e. The van der Waals surface area contributed by atoms with Crippen LogP contribution in [0.1, 0.15) is 43.7 Å². The van der Waals surface area contributed by atoms with E-state index < -0.39 is 5.97 Å². The summed E-state index contributed by atoms with van der Waals surface area (Å²) >= 11 is 0. The summed E-state index contributed by atoms with van der Waals surface area (Å²) in [5, 5.41) is 9.35. The van der Waals surface area contributed by atoms with Gasteiger partial charge in [0.2, 0.25) is 0 Å². The monoisotopic (exact) mass is 302 g/mol. The zero-order valence-electron chi connectivity index (χ0n) is 13.5. The van der Waals surface area contributed by atoms with Crippen molar-refractivity contribution in [3.63, 3.8) is 0 Å². The number of methoxy groups -OCH3 is 1. The van der Waals surface area contributed by atoms with E-state index in [2.05, 4.69) is 13.8 Å². The van der Waals surface area contributed by atoms with Crippen LogP contribution in [0.15, 0.2) is 23.8 Å². The lowest BCUT2D eigenvalue weighted by molar-refractivity contribution is -0.133. The third-order valence-corrected chi connectivity index (χ3v) is 4.92. The van der Waals surface area contributed by atoms with Gasteiger partial charge in [-0.3, -0.25) is 0 Å². The van der Waals surface area contributed by atoms with Crippen molar-refractivity contribution >= 4 is 5.97 Å². The van der Waals surface area contributed by atoms with E-state index in [1.807, 2.05) is 25.1 Å². The predicted molar refractivity (Wildman–Crippen MR) is 83.6 cm³/mol. The Bertz CT molecular complexity index is 657. The highest BCUT2D eigenvalue weighted by atomic mass is 16.5. The number of rotatable bonds is 2. The van der Waals surface area contributed by atoms with Crippen molar-refractivity contribution in [2.75, 3.05) is 7.11 Å². The highest BCUT2D eigenvalue weighted by molar-refractivity contribution is 5.87. The Morgan fingerprint density at radius 3 is 2.77 bits per heavy atom. The average Bonchev–Trinajstić information content (AvgIpc) is 2.44. The molecule has 1 aromatic rings. The number of carbonyl (C=O) groups is 1. The van der Waals surface area contributed by atoms with Crippen LogP contribution < -0.4 is 9.47 Å². The first-order valence-corrected chi connectivity index (χ1v) is 7.63. The van der Waals surface area contributed by atoms with Crippen LogP contribution in [0, 0.1) is 12.8 Å². The number of allylic oxidation sites excluding steroid dienone is 1. The van der Waals surface area contributed by atoms with Crippen LogP contribution in [0.3, 0.4) is 0 Å². The van der Waals surface area contributed by atoms with Gasteiger partial charge in [0.15, 0.2) is 0 Å². The molecular weight excluding hydrogens is 280 g/mol. The van der Waals surface area contributed by atoms with Crippen LogP contribution >= 0.6 is 0 Å². The summed E-state index contributed by atoms with van der Waals surface area (Å²) in [6, 6.07) is 4.02. The standard InChI is InChI=1S/C18H22O4/c1-10-7-14(21-4)16-12-9-11(17(19)20)5-6-13(12)18(2,3)22-15(16)8-10/h5,7-8,12-13H,6,9H2,1-4H3,(H,19,20)/t12?,13-/m1/s1. The van der Waals surface area contributed by atoms with Gasteiger partial charge in [-0.1, -0.05) is 6.08 Å². The van der Waals surface area contributed by atoms with E-state index in [0.717, 1.165) is 29.0 Å². The maximum atomic E-state index is 11.4. The largest absolute Gasteiger partial charge is 0.496 e. The van der Waals surface area contributed by atoms with Gasteiger partial charge in [0, 0.05) is 23.0 Å². The quantitative estimate of drug-likeness (QED) is 0.905. The van der Waals surface area contributed by atoms with Crippen LogP contribution in [0.25, 0.3) is 0 Å². The molecule has 2 atom stereocenters. The molecule has 1 N–H and O–H groups in total. The molecule has 0 saturated heterocycles. The van der Waals surface area contributed by atoms with Crippen LogP contribution in [-0.2, 0) is 4.79 Å².